The molecule has 0 saturated heterocycles. The highest BCUT2D eigenvalue weighted by Crippen LogP contribution is 2.30. The lowest BCUT2D eigenvalue weighted by Crippen LogP contribution is -2.58. The number of hydrogen-bond donors (Lipinski definition) is 2. The maximum Gasteiger partial charge on any atom is 0.256 e. The van der Waals surface area contributed by atoms with Crippen molar-refractivity contribution >= 4 is 34.1 Å². The molecule has 3 N–H and O–H groups in total. The molecular weight excluding hydrogens is 394 g/mol. The number of hydrogen-bond acceptors (Lipinski definition) is 7. The number of thiazole rings is 1. The summed E-state index contributed by atoms with van der Waals surface area (Å²) in [6.07, 6.45) is 0. The number of fused-ring (bicyclic) bond motifs is 1. The number of ether oxygens (including phenoxy) is 2. The lowest BCUT2D eigenvalue weighted by molar-refractivity contribution is -0.125. The highest BCUT2D eigenvalue weighted by molar-refractivity contribution is 7.09. The van der Waals surface area contributed by atoms with E-state index in [1.54, 1.807) is 30.6 Å². The Hall–Kier alpha value is -2.91. The van der Waals surface area contributed by atoms with Crippen LogP contribution in [-0.2, 0) is 16.1 Å². The molecule has 2 amide bonds. The van der Waals surface area contributed by atoms with Gasteiger partial charge in [0.25, 0.3) is 5.91 Å². The lowest BCUT2D eigenvalue weighted by atomic mass is 10.0. The van der Waals surface area contributed by atoms with E-state index < -0.39 is 17.4 Å². The zero-order valence-corrected chi connectivity index (χ0v) is 17.5. The average molecular weight is 417 g/mol. The summed E-state index contributed by atoms with van der Waals surface area (Å²) in [6.45, 7) is 5.46. The van der Waals surface area contributed by atoms with Gasteiger partial charge in [-0.15, -0.1) is 11.3 Å². The molecule has 1 atom stereocenters. The van der Waals surface area contributed by atoms with Crippen LogP contribution in [0.5, 0.6) is 5.75 Å². The summed E-state index contributed by atoms with van der Waals surface area (Å²) < 4.78 is 16.6. The molecular formula is C20H23N3O5S. The molecule has 2 aromatic heterocycles. The average Bonchev–Trinajstić information content (AvgIpc) is 3.21. The molecule has 0 aliphatic rings. The number of primary amides is 1. The summed E-state index contributed by atoms with van der Waals surface area (Å²) in [5.41, 5.74) is 7.67. The van der Waals surface area contributed by atoms with E-state index in [1.165, 1.54) is 25.4 Å². The van der Waals surface area contributed by atoms with Gasteiger partial charge in [0.2, 0.25) is 5.91 Å². The first kappa shape index (κ1) is 20.8. The molecule has 1 unspecified atom stereocenters. The van der Waals surface area contributed by atoms with Crippen molar-refractivity contribution in [3.8, 4) is 5.75 Å². The molecule has 3 rings (SSSR count). The van der Waals surface area contributed by atoms with E-state index >= 15 is 0 Å². The number of methoxy groups -OCH3 is 1. The van der Waals surface area contributed by atoms with Crippen molar-refractivity contribution in [1.29, 1.82) is 0 Å². The predicted octanol–water partition coefficient (Wildman–Crippen LogP) is 2.71. The van der Waals surface area contributed by atoms with E-state index in [1.807, 2.05) is 6.92 Å². The Morgan fingerprint density at radius 3 is 2.72 bits per heavy atom. The van der Waals surface area contributed by atoms with Crippen LogP contribution in [0.25, 0.3) is 11.0 Å². The second-order valence-electron chi connectivity index (χ2n) is 6.92. The second-order valence-corrected chi connectivity index (χ2v) is 7.86. The van der Waals surface area contributed by atoms with Gasteiger partial charge >= 0.3 is 0 Å². The quantitative estimate of drug-likeness (QED) is 0.582. The summed E-state index contributed by atoms with van der Waals surface area (Å²) in [5.74, 6) is -0.149. The first-order valence-electron chi connectivity index (χ1n) is 8.91. The number of aromatic nitrogens is 1. The molecule has 29 heavy (non-hydrogen) atoms. The molecule has 8 nitrogen and oxygen atoms in total. The Kier molecular flexibility index (Phi) is 5.90. The molecule has 1 aromatic carbocycles. The third kappa shape index (κ3) is 4.25. The van der Waals surface area contributed by atoms with Crippen molar-refractivity contribution in [3.05, 3.63) is 45.6 Å². The van der Waals surface area contributed by atoms with Crippen molar-refractivity contribution in [2.45, 2.75) is 32.9 Å². The summed E-state index contributed by atoms with van der Waals surface area (Å²) in [4.78, 5) is 30.0. The van der Waals surface area contributed by atoms with Gasteiger partial charge in [-0.3, -0.25) is 9.59 Å². The molecule has 0 bridgehead atoms. The van der Waals surface area contributed by atoms with E-state index in [0.717, 1.165) is 10.6 Å². The van der Waals surface area contributed by atoms with Gasteiger partial charge in [0.1, 0.15) is 29.2 Å². The standard InChI is InChI=1S/C20H23N3O5S/c1-11-16(29-10-22-11)8-27-13-5-6-15-14(7-13)17(12(2)28-15)18(24)23-20(3,9-26-4)19(21)25/h5-7,10H,8-9H2,1-4H3,(H2,21,25)(H,23,24). The van der Waals surface area contributed by atoms with Crippen LogP contribution in [0, 0.1) is 13.8 Å². The minimum absolute atomic E-state index is 0.0501. The highest BCUT2D eigenvalue weighted by atomic mass is 32.1. The van der Waals surface area contributed by atoms with Gasteiger partial charge in [-0.05, 0) is 39.0 Å². The number of aryl methyl sites for hydroxylation is 2. The van der Waals surface area contributed by atoms with Crippen molar-refractivity contribution in [2.75, 3.05) is 13.7 Å². The van der Waals surface area contributed by atoms with Gasteiger partial charge in [0.15, 0.2) is 0 Å². The Morgan fingerprint density at radius 2 is 2.10 bits per heavy atom. The van der Waals surface area contributed by atoms with Crippen LogP contribution in [0.2, 0.25) is 0 Å². The fourth-order valence-corrected chi connectivity index (χ4v) is 3.64. The number of furan rings is 1. The lowest BCUT2D eigenvalue weighted by Gasteiger charge is -2.26. The number of nitrogens with zero attached hydrogens (tertiary/aromatic N) is 1. The monoisotopic (exact) mass is 417 g/mol. The Morgan fingerprint density at radius 1 is 1.34 bits per heavy atom. The Labute approximate surface area is 172 Å². The molecule has 9 heteroatoms. The molecule has 0 spiro atoms. The van der Waals surface area contributed by atoms with Gasteiger partial charge in [-0.25, -0.2) is 4.98 Å². The zero-order valence-electron chi connectivity index (χ0n) is 16.7. The van der Waals surface area contributed by atoms with E-state index in [2.05, 4.69) is 10.3 Å². The topological polar surface area (TPSA) is 117 Å². The zero-order chi connectivity index (χ0) is 21.2. The maximum atomic E-state index is 13.0. The van der Waals surface area contributed by atoms with Crippen LogP contribution in [0.15, 0.2) is 28.1 Å². The largest absolute Gasteiger partial charge is 0.488 e. The molecule has 0 radical (unpaired) electrons. The van der Waals surface area contributed by atoms with Crippen LogP contribution in [0.3, 0.4) is 0 Å². The predicted molar refractivity (Wildman–Crippen MR) is 109 cm³/mol. The SMILES string of the molecule is COCC(C)(NC(=O)c1c(C)oc2ccc(OCc3scnc3C)cc12)C(N)=O. The Balaban J connectivity index is 1.89. The highest BCUT2D eigenvalue weighted by Gasteiger charge is 2.34. The summed E-state index contributed by atoms with van der Waals surface area (Å²) in [6, 6.07) is 5.27. The smallest absolute Gasteiger partial charge is 0.256 e. The first-order chi connectivity index (χ1) is 13.7. The minimum atomic E-state index is -1.35. The number of carbonyl (C=O) groups excluding carboxylic acids is 2. The van der Waals surface area contributed by atoms with Crippen LogP contribution >= 0.6 is 11.3 Å². The number of rotatable bonds is 8. The number of nitrogens with two attached hydrogens (primary N) is 1. The number of benzene rings is 1. The molecule has 154 valence electrons. The van der Waals surface area contributed by atoms with E-state index in [9.17, 15) is 9.59 Å². The van der Waals surface area contributed by atoms with Crippen molar-refractivity contribution in [1.82, 2.24) is 10.3 Å². The van der Waals surface area contributed by atoms with E-state index in [-0.39, 0.29) is 6.61 Å². The summed E-state index contributed by atoms with van der Waals surface area (Å²) >= 11 is 1.52. The number of amides is 2. The fraction of sp³-hybridized carbons (Fsp3) is 0.350. The van der Waals surface area contributed by atoms with Gasteiger partial charge in [0, 0.05) is 12.5 Å². The molecule has 0 aliphatic heterocycles. The van der Waals surface area contributed by atoms with Crippen molar-refractivity contribution in [3.63, 3.8) is 0 Å². The minimum Gasteiger partial charge on any atom is -0.488 e. The fourth-order valence-electron chi connectivity index (χ4n) is 2.96. The van der Waals surface area contributed by atoms with E-state index in [4.69, 9.17) is 19.6 Å². The summed E-state index contributed by atoms with van der Waals surface area (Å²) in [5, 5.41) is 3.25. The van der Waals surface area contributed by atoms with Crippen LogP contribution in [0.4, 0.5) is 0 Å². The maximum absolute atomic E-state index is 13.0. The Bertz CT molecular complexity index is 1060. The summed E-state index contributed by atoms with van der Waals surface area (Å²) in [7, 11) is 1.43. The van der Waals surface area contributed by atoms with Crippen molar-refractivity contribution < 1.29 is 23.5 Å². The normalized spacial score (nSPS) is 13.2. The van der Waals surface area contributed by atoms with Gasteiger partial charge < -0.3 is 24.9 Å². The third-order valence-corrected chi connectivity index (χ3v) is 5.55. The first-order valence-corrected chi connectivity index (χ1v) is 9.79. The van der Waals surface area contributed by atoms with Gasteiger partial charge in [-0.2, -0.15) is 0 Å². The van der Waals surface area contributed by atoms with Crippen LogP contribution in [0.1, 0.15) is 33.6 Å². The number of nitrogens with one attached hydrogen (secondary N) is 1. The molecule has 0 saturated carbocycles. The molecule has 0 aliphatic carbocycles. The van der Waals surface area contributed by atoms with Crippen LogP contribution < -0.4 is 15.8 Å². The second kappa shape index (κ2) is 8.22. The molecule has 2 heterocycles. The van der Waals surface area contributed by atoms with Gasteiger partial charge in [-0.1, -0.05) is 0 Å². The third-order valence-electron chi connectivity index (χ3n) is 4.64. The molecule has 0 fully saturated rings. The van der Waals surface area contributed by atoms with Gasteiger partial charge in [0.05, 0.1) is 28.3 Å². The molecule has 3 aromatic rings. The number of carbonyl (C=O) groups is 2. The van der Waals surface area contributed by atoms with Crippen LogP contribution in [-0.4, -0.2) is 36.1 Å². The van der Waals surface area contributed by atoms with Crippen molar-refractivity contribution in [2.24, 2.45) is 5.73 Å². The van der Waals surface area contributed by atoms with E-state index in [0.29, 0.717) is 34.6 Å².